The first-order chi connectivity index (χ1) is 14.5. The zero-order valence-electron chi connectivity index (χ0n) is 16.8. The molecule has 0 aliphatic rings. The molecule has 0 saturated heterocycles. The molecule has 0 saturated carbocycles. The van der Waals surface area contributed by atoms with E-state index in [2.05, 4.69) is 15.3 Å². The van der Waals surface area contributed by atoms with Crippen LogP contribution in [0, 0.1) is 0 Å². The Bertz CT molecular complexity index is 1040. The smallest absolute Gasteiger partial charge is 0.251 e. The highest BCUT2D eigenvalue weighted by molar-refractivity contribution is 8.00. The summed E-state index contributed by atoms with van der Waals surface area (Å²) in [4.78, 5) is 33.0. The molecular formula is C22H23N3O3S2. The summed E-state index contributed by atoms with van der Waals surface area (Å²) in [5.41, 5.74) is 1.06. The van der Waals surface area contributed by atoms with Gasteiger partial charge in [-0.15, -0.1) is 11.8 Å². The third-order valence-electron chi connectivity index (χ3n) is 4.01. The van der Waals surface area contributed by atoms with Gasteiger partial charge in [0.1, 0.15) is 5.75 Å². The Morgan fingerprint density at radius 1 is 1.17 bits per heavy atom. The molecule has 8 heteroatoms. The molecule has 0 spiro atoms. The van der Waals surface area contributed by atoms with Crippen LogP contribution in [0.1, 0.15) is 19.5 Å². The van der Waals surface area contributed by atoms with Gasteiger partial charge in [0.2, 0.25) is 5.91 Å². The van der Waals surface area contributed by atoms with E-state index in [1.165, 1.54) is 17.8 Å². The average molecular weight is 442 g/mol. The topological polar surface area (TPSA) is 84.1 Å². The number of rotatable bonds is 9. The number of aromatic nitrogens is 2. The minimum atomic E-state index is -0.458. The predicted molar refractivity (Wildman–Crippen MR) is 122 cm³/mol. The van der Waals surface area contributed by atoms with E-state index in [1.807, 2.05) is 55.5 Å². The Kier molecular flexibility index (Phi) is 7.98. The van der Waals surface area contributed by atoms with E-state index in [0.29, 0.717) is 34.6 Å². The van der Waals surface area contributed by atoms with Gasteiger partial charge in [-0.25, -0.2) is 4.98 Å². The summed E-state index contributed by atoms with van der Waals surface area (Å²) in [6.45, 7) is 4.17. The Morgan fingerprint density at radius 2 is 1.90 bits per heavy atom. The van der Waals surface area contributed by atoms with E-state index in [-0.39, 0.29) is 11.5 Å². The second kappa shape index (κ2) is 10.9. The van der Waals surface area contributed by atoms with Gasteiger partial charge in [0, 0.05) is 16.7 Å². The molecule has 3 aromatic rings. The summed E-state index contributed by atoms with van der Waals surface area (Å²) < 4.78 is 5.55. The number of ether oxygens (including phenoxy) is 1. The van der Waals surface area contributed by atoms with Gasteiger partial charge >= 0.3 is 0 Å². The van der Waals surface area contributed by atoms with Gasteiger partial charge in [-0.3, -0.25) is 9.59 Å². The van der Waals surface area contributed by atoms with Crippen LogP contribution in [-0.2, 0) is 10.5 Å². The second-order valence-electron chi connectivity index (χ2n) is 6.32. The lowest BCUT2D eigenvalue weighted by Crippen LogP contribution is -2.23. The molecule has 0 radical (unpaired) electrons. The number of H-pyrrole nitrogens is 1. The lowest BCUT2D eigenvalue weighted by molar-refractivity contribution is -0.115. The number of hydrogen-bond donors (Lipinski definition) is 2. The molecule has 1 unspecified atom stereocenters. The van der Waals surface area contributed by atoms with Gasteiger partial charge in [0.25, 0.3) is 5.56 Å². The maximum Gasteiger partial charge on any atom is 0.251 e. The van der Waals surface area contributed by atoms with Crippen LogP contribution >= 0.6 is 23.5 Å². The molecule has 0 bridgehead atoms. The number of nitrogens with one attached hydrogen (secondary N) is 2. The number of thioether (sulfide) groups is 2. The second-order valence-corrected chi connectivity index (χ2v) is 8.70. The van der Waals surface area contributed by atoms with E-state index in [0.717, 1.165) is 4.90 Å². The molecule has 1 atom stereocenters. The average Bonchev–Trinajstić information content (AvgIpc) is 2.74. The Hall–Kier alpha value is -2.71. The van der Waals surface area contributed by atoms with Crippen LogP contribution < -0.4 is 15.6 Å². The van der Waals surface area contributed by atoms with Crippen molar-refractivity contribution in [3.05, 3.63) is 76.7 Å². The zero-order valence-corrected chi connectivity index (χ0v) is 18.4. The van der Waals surface area contributed by atoms with Crippen LogP contribution in [0.4, 0.5) is 5.69 Å². The highest BCUT2D eigenvalue weighted by Crippen LogP contribution is 2.27. The van der Waals surface area contributed by atoms with Crippen molar-refractivity contribution in [3.63, 3.8) is 0 Å². The first-order valence-electron chi connectivity index (χ1n) is 9.52. The monoisotopic (exact) mass is 441 g/mol. The highest BCUT2D eigenvalue weighted by atomic mass is 32.2. The van der Waals surface area contributed by atoms with Gasteiger partial charge in [-0.2, -0.15) is 0 Å². The highest BCUT2D eigenvalue weighted by Gasteiger charge is 2.18. The largest absolute Gasteiger partial charge is 0.492 e. The zero-order chi connectivity index (χ0) is 21.3. The van der Waals surface area contributed by atoms with Gasteiger partial charge in [0.15, 0.2) is 5.16 Å². The summed E-state index contributed by atoms with van der Waals surface area (Å²) >= 11 is 2.82. The number of nitrogens with zero attached hydrogens (tertiary/aromatic N) is 1. The summed E-state index contributed by atoms with van der Waals surface area (Å²) in [6.07, 6.45) is 0. The molecule has 2 N–H and O–H groups in total. The molecule has 30 heavy (non-hydrogen) atoms. The van der Waals surface area contributed by atoms with Crippen LogP contribution in [0.2, 0.25) is 0 Å². The first-order valence-corrected chi connectivity index (χ1v) is 11.4. The van der Waals surface area contributed by atoms with Crippen molar-refractivity contribution in [1.82, 2.24) is 9.97 Å². The Balaban J connectivity index is 1.64. The van der Waals surface area contributed by atoms with E-state index in [9.17, 15) is 9.59 Å². The number of benzene rings is 2. The van der Waals surface area contributed by atoms with Crippen molar-refractivity contribution in [3.8, 4) is 5.75 Å². The molecule has 0 aliphatic heterocycles. The van der Waals surface area contributed by atoms with Crippen LogP contribution in [-0.4, -0.2) is 27.7 Å². The maximum atomic E-state index is 12.6. The summed E-state index contributed by atoms with van der Waals surface area (Å²) in [5, 5.41) is 2.85. The molecule has 3 rings (SSSR count). The Labute approximate surface area is 183 Å². The van der Waals surface area contributed by atoms with Crippen molar-refractivity contribution >= 4 is 35.1 Å². The molecule has 1 aromatic heterocycles. The summed E-state index contributed by atoms with van der Waals surface area (Å²) in [7, 11) is 0. The number of aromatic amines is 1. The van der Waals surface area contributed by atoms with Crippen LogP contribution in [0.15, 0.2) is 75.5 Å². The maximum absolute atomic E-state index is 12.6. The standard InChI is InChI=1S/C22H23N3O3S2/c1-3-28-19-12-8-7-11-18(19)24-21(27)15(2)30-22-23-16(13-20(26)25-22)14-29-17-9-5-4-6-10-17/h4-13,15H,3,14H2,1-2H3,(H,24,27)(H,23,25,26). The molecule has 1 heterocycles. The molecule has 0 aliphatic carbocycles. The third kappa shape index (κ3) is 6.40. The van der Waals surface area contributed by atoms with Crippen LogP contribution in [0.3, 0.4) is 0 Å². The van der Waals surface area contributed by atoms with Crippen molar-refractivity contribution in [1.29, 1.82) is 0 Å². The number of amides is 1. The number of carbonyl (C=O) groups is 1. The van der Waals surface area contributed by atoms with E-state index in [1.54, 1.807) is 24.8 Å². The SMILES string of the molecule is CCOc1ccccc1NC(=O)C(C)Sc1nc(CSc2ccccc2)cc(=O)[nH]1. The van der Waals surface area contributed by atoms with Crippen molar-refractivity contribution in [2.75, 3.05) is 11.9 Å². The van der Waals surface area contributed by atoms with Gasteiger partial charge in [-0.05, 0) is 38.1 Å². The molecule has 2 aromatic carbocycles. The normalized spacial score (nSPS) is 11.7. The number of para-hydroxylation sites is 2. The molecule has 156 valence electrons. The van der Waals surface area contributed by atoms with Gasteiger partial charge < -0.3 is 15.0 Å². The van der Waals surface area contributed by atoms with E-state index >= 15 is 0 Å². The molecule has 1 amide bonds. The molecule has 6 nitrogen and oxygen atoms in total. The van der Waals surface area contributed by atoms with Crippen molar-refractivity contribution in [2.24, 2.45) is 0 Å². The number of hydrogen-bond acceptors (Lipinski definition) is 6. The number of carbonyl (C=O) groups excluding carboxylic acids is 1. The van der Waals surface area contributed by atoms with Gasteiger partial charge in [-0.1, -0.05) is 42.1 Å². The minimum absolute atomic E-state index is 0.195. The lowest BCUT2D eigenvalue weighted by atomic mass is 10.3. The molecule has 0 fully saturated rings. The predicted octanol–water partition coefficient (Wildman–Crippen LogP) is 4.58. The van der Waals surface area contributed by atoms with E-state index in [4.69, 9.17) is 4.74 Å². The fourth-order valence-electron chi connectivity index (χ4n) is 2.59. The first kappa shape index (κ1) is 22.0. The molecular weight excluding hydrogens is 418 g/mol. The van der Waals surface area contributed by atoms with Gasteiger partial charge in [0.05, 0.1) is 23.2 Å². The Morgan fingerprint density at radius 3 is 2.67 bits per heavy atom. The minimum Gasteiger partial charge on any atom is -0.492 e. The fourth-order valence-corrected chi connectivity index (χ4v) is 4.24. The summed E-state index contributed by atoms with van der Waals surface area (Å²) in [5.74, 6) is 1.000. The lowest BCUT2D eigenvalue weighted by Gasteiger charge is -2.14. The van der Waals surface area contributed by atoms with Crippen LogP contribution in [0.25, 0.3) is 0 Å². The van der Waals surface area contributed by atoms with Crippen molar-refractivity contribution in [2.45, 2.75) is 34.9 Å². The third-order valence-corrected chi connectivity index (χ3v) is 6.04. The van der Waals surface area contributed by atoms with Crippen molar-refractivity contribution < 1.29 is 9.53 Å². The van der Waals surface area contributed by atoms with E-state index < -0.39 is 5.25 Å². The fraction of sp³-hybridized carbons (Fsp3) is 0.227. The summed E-state index contributed by atoms with van der Waals surface area (Å²) in [6, 6.07) is 18.7. The van der Waals surface area contributed by atoms with Crippen LogP contribution in [0.5, 0.6) is 5.75 Å². The quantitative estimate of drug-likeness (QED) is 0.374. The number of anilines is 1.